The van der Waals surface area contributed by atoms with Gasteiger partial charge in [0.15, 0.2) is 0 Å². The van der Waals surface area contributed by atoms with Gasteiger partial charge in [-0.25, -0.2) is 9.18 Å². The molecule has 0 aliphatic carbocycles. The van der Waals surface area contributed by atoms with E-state index in [1.165, 1.54) is 18.2 Å². The van der Waals surface area contributed by atoms with E-state index >= 15 is 0 Å². The van der Waals surface area contributed by atoms with Crippen LogP contribution in [0.3, 0.4) is 0 Å². The number of likely N-dealkylation sites (tertiary alicyclic amines) is 1. The predicted molar refractivity (Wildman–Crippen MR) is 115 cm³/mol. The normalized spacial score (nSPS) is 16.2. The van der Waals surface area contributed by atoms with Crippen molar-refractivity contribution in [3.8, 4) is 0 Å². The Balaban J connectivity index is 1.39. The average molecular weight is 420 g/mol. The molecule has 0 spiro atoms. The number of carboxylic acids is 1. The first-order valence-corrected chi connectivity index (χ1v) is 10.4. The molecule has 0 radical (unpaired) electrons. The van der Waals surface area contributed by atoms with Gasteiger partial charge in [-0.2, -0.15) is 0 Å². The minimum absolute atomic E-state index is 0.0878. The fraction of sp³-hybridized carbons (Fsp3) is 0.280. The molecular formula is C25H25FN2O3. The Kier molecular flexibility index (Phi) is 6.70. The summed E-state index contributed by atoms with van der Waals surface area (Å²) in [6.45, 7) is 2.30. The Hall–Kier alpha value is -3.09. The molecule has 2 heterocycles. The van der Waals surface area contributed by atoms with Gasteiger partial charge in [-0.05, 0) is 48.2 Å². The summed E-state index contributed by atoms with van der Waals surface area (Å²) in [4.78, 5) is 17.7. The van der Waals surface area contributed by atoms with E-state index in [9.17, 15) is 9.18 Å². The van der Waals surface area contributed by atoms with Gasteiger partial charge < -0.3 is 9.84 Å². The van der Waals surface area contributed by atoms with Crippen LogP contribution in [0.2, 0.25) is 0 Å². The minimum atomic E-state index is -0.941. The topological polar surface area (TPSA) is 62.7 Å². The summed E-state index contributed by atoms with van der Waals surface area (Å²) in [6, 6.07) is 19.6. The highest BCUT2D eigenvalue weighted by atomic mass is 19.1. The van der Waals surface area contributed by atoms with Crippen LogP contribution in [0.4, 0.5) is 4.39 Å². The molecule has 31 heavy (non-hydrogen) atoms. The van der Waals surface area contributed by atoms with E-state index in [1.807, 2.05) is 30.3 Å². The van der Waals surface area contributed by atoms with Gasteiger partial charge in [0.2, 0.25) is 0 Å². The van der Waals surface area contributed by atoms with E-state index in [0.717, 1.165) is 42.8 Å². The molecule has 1 aromatic heterocycles. The van der Waals surface area contributed by atoms with Gasteiger partial charge in [0.05, 0.1) is 17.4 Å². The SMILES string of the molecule is O=C(O)c1ccnc(CN2CCC(OC(c3ccccc3)c3ccc(F)cc3)CC2)c1. The van der Waals surface area contributed by atoms with Crippen LogP contribution in [0, 0.1) is 5.82 Å². The van der Waals surface area contributed by atoms with Gasteiger partial charge in [0.25, 0.3) is 0 Å². The molecule has 3 aromatic rings. The number of aromatic carboxylic acids is 1. The summed E-state index contributed by atoms with van der Waals surface area (Å²) in [5.41, 5.74) is 3.00. The number of piperidine rings is 1. The van der Waals surface area contributed by atoms with Gasteiger partial charge >= 0.3 is 5.97 Å². The molecule has 1 saturated heterocycles. The summed E-state index contributed by atoms with van der Waals surface area (Å²) < 4.78 is 19.9. The van der Waals surface area contributed by atoms with Crippen LogP contribution in [0.25, 0.3) is 0 Å². The number of pyridine rings is 1. The van der Waals surface area contributed by atoms with Crippen molar-refractivity contribution in [2.75, 3.05) is 13.1 Å². The first-order chi connectivity index (χ1) is 15.1. The Bertz CT molecular complexity index is 1000. The number of carboxylic acid groups (broad SMARTS) is 1. The quantitative estimate of drug-likeness (QED) is 0.601. The van der Waals surface area contributed by atoms with E-state index in [0.29, 0.717) is 6.54 Å². The molecule has 0 saturated carbocycles. The van der Waals surface area contributed by atoms with E-state index in [-0.39, 0.29) is 23.6 Å². The molecule has 5 nitrogen and oxygen atoms in total. The number of hydrogen-bond acceptors (Lipinski definition) is 4. The van der Waals surface area contributed by atoms with Crippen LogP contribution >= 0.6 is 0 Å². The molecule has 1 aliphatic heterocycles. The molecule has 0 bridgehead atoms. The van der Waals surface area contributed by atoms with Crippen molar-refractivity contribution in [3.63, 3.8) is 0 Å². The van der Waals surface area contributed by atoms with Crippen molar-refractivity contribution in [1.82, 2.24) is 9.88 Å². The van der Waals surface area contributed by atoms with Gasteiger partial charge in [0.1, 0.15) is 11.9 Å². The third kappa shape index (κ3) is 5.54. The minimum Gasteiger partial charge on any atom is -0.478 e. The summed E-state index contributed by atoms with van der Waals surface area (Å²) in [5, 5.41) is 9.16. The van der Waals surface area contributed by atoms with Crippen LogP contribution in [0.5, 0.6) is 0 Å². The number of ether oxygens (including phenoxy) is 1. The van der Waals surface area contributed by atoms with Gasteiger partial charge in [-0.3, -0.25) is 9.88 Å². The van der Waals surface area contributed by atoms with Crippen LogP contribution in [-0.2, 0) is 11.3 Å². The van der Waals surface area contributed by atoms with Crippen LogP contribution < -0.4 is 0 Å². The number of aromatic nitrogens is 1. The zero-order valence-electron chi connectivity index (χ0n) is 17.2. The molecule has 1 unspecified atom stereocenters. The fourth-order valence-electron chi connectivity index (χ4n) is 3.94. The first kappa shape index (κ1) is 21.2. The second kappa shape index (κ2) is 9.81. The van der Waals surface area contributed by atoms with Crippen molar-refractivity contribution in [3.05, 3.63) is 101 Å². The number of hydrogen-bond donors (Lipinski definition) is 1. The third-order valence-corrected chi connectivity index (χ3v) is 5.59. The van der Waals surface area contributed by atoms with Gasteiger partial charge in [0, 0.05) is 25.8 Å². The first-order valence-electron chi connectivity index (χ1n) is 10.4. The summed E-state index contributed by atoms with van der Waals surface area (Å²) in [7, 11) is 0. The van der Waals surface area contributed by atoms with Crippen molar-refractivity contribution in [2.45, 2.75) is 31.6 Å². The van der Waals surface area contributed by atoms with E-state index in [4.69, 9.17) is 9.84 Å². The van der Waals surface area contributed by atoms with Crippen LogP contribution in [0.1, 0.15) is 46.1 Å². The molecule has 1 atom stereocenters. The molecule has 0 amide bonds. The monoisotopic (exact) mass is 420 g/mol. The van der Waals surface area contributed by atoms with E-state index in [2.05, 4.69) is 9.88 Å². The Morgan fingerprint density at radius 1 is 1.06 bits per heavy atom. The highest BCUT2D eigenvalue weighted by Gasteiger charge is 2.25. The Morgan fingerprint density at radius 3 is 2.42 bits per heavy atom. The summed E-state index contributed by atoms with van der Waals surface area (Å²) in [5.74, 6) is -1.20. The maximum Gasteiger partial charge on any atom is 0.335 e. The lowest BCUT2D eigenvalue weighted by atomic mass is 10.00. The zero-order valence-corrected chi connectivity index (χ0v) is 17.2. The third-order valence-electron chi connectivity index (χ3n) is 5.59. The van der Waals surface area contributed by atoms with Crippen molar-refractivity contribution in [2.24, 2.45) is 0 Å². The number of rotatable bonds is 7. The standard InChI is InChI=1S/C25H25FN2O3/c26-21-8-6-19(7-9-21)24(18-4-2-1-3-5-18)31-23-11-14-28(15-12-23)17-22-16-20(25(29)30)10-13-27-22/h1-10,13,16,23-24H,11-12,14-15,17H2,(H,29,30). The molecular weight excluding hydrogens is 395 g/mol. The molecule has 1 aliphatic rings. The largest absolute Gasteiger partial charge is 0.478 e. The Labute approximate surface area is 181 Å². The summed E-state index contributed by atoms with van der Waals surface area (Å²) in [6.07, 6.45) is 3.12. The molecule has 1 N–H and O–H groups in total. The molecule has 2 aromatic carbocycles. The highest BCUT2D eigenvalue weighted by Crippen LogP contribution is 2.30. The summed E-state index contributed by atoms with van der Waals surface area (Å²) >= 11 is 0. The lowest BCUT2D eigenvalue weighted by Crippen LogP contribution is -2.37. The smallest absolute Gasteiger partial charge is 0.335 e. The lowest BCUT2D eigenvalue weighted by molar-refractivity contribution is -0.0283. The van der Waals surface area contributed by atoms with Crippen molar-refractivity contribution >= 4 is 5.97 Å². The second-order valence-corrected chi connectivity index (χ2v) is 7.79. The lowest BCUT2D eigenvalue weighted by Gasteiger charge is -2.34. The number of halogens is 1. The van der Waals surface area contributed by atoms with Crippen LogP contribution in [0.15, 0.2) is 72.9 Å². The number of carbonyl (C=O) groups is 1. The van der Waals surface area contributed by atoms with Gasteiger partial charge in [-0.15, -0.1) is 0 Å². The van der Waals surface area contributed by atoms with Crippen molar-refractivity contribution < 1.29 is 19.0 Å². The maximum atomic E-state index is 13.4. The molecule has 1 fully saturated rings. The zero-order chi connectivity index (χ0) is 21.6. The number of nitrogens with zero attached hydrogens (tertiary/aromatic N) is 2. The predicted octanol–water partition coefficient (Wildman–Crippen LogP) is 4.69. The van der Waals surface area contributed by atoms with E-state index in [1.54, 1.807) is 24.4 Å². The molecule has 160 valence electrons. The molecule has 6 heteroatoms. The number of benzene rings is 2. The molecule has 4 rings (SSSR count). The van der Waals surface area contributed by atoms with Gasteiger partial charge in [-0.1, -0.05) is 42.5 Å². The maximum absolute atomic E-state index is 13.4. The van der Waals surface area contributed by atoms with Crippen LogP contribution in [-0.4, -0.2) is 40.2 Å². The average Bonchev–Trinajstić information content (AvgIpc) is 2.80. The fourth-order valence-corrected chi connectivity index (χ4v) is 3.94. The van der Waals surface area contributed by atoms with Crippen molar-refractivity contribution in [1.29, 1.82) is 0 Å². The highest BCUT2D eigenvalue weighted by molar-refractivity contribution is 5.87. The Morgan fingerprint density at radius 2 is 1.74 bits per heavy atom. The van der Waals surface area contributed by atoms with E-state index < -0.39 is 5.97 Å². The second-order valence-electron chi connectivity index (χ2n) is 7.79.